The van der Waals surface area contributed by atoms with Crippen molar-refractivity contribution in [3.8, 4) is 5.75 Å². The molecule has 1 aliphatic rings. The van der Waals surface area contributed by atoms with E-state index in [0.717, 1.165) is 17.7 Å². The van der Waals surface area contributed by atoms with Crippen LogP contribution in [0.25, 0.3) is 0 Å². The second kappa shape index (κ2) is 6.91. The van der Waals surface area contributed by atoms with Crippen molar-refractivity contribution in [1.29, 1.82) is 0 Å². The fourth-order valence-electron chi connectivity index (χ4n) is 3.01. The van der Waals surface area contributed by atoms with Gasteiger partial charge in [0.25, 0.3) is 0 Å². The molecule has 0 N–H and O–H groups in total. The topological polar surface area (TPSA) is 46.6 Å². The molecule has 0 aliphatic carbocycles. The van der Waals surface area contributed by atoms with Crippen molar-refractivity contribution in [2.45, 2.75) is 18.1 Å². The third-order valence-electron chi connectivity index (χ3n) is 4.39. The summed E-state index contributed by atoms with van der Waals surface area (Å²) < 4.78 is 44.8. The number of ether oxygens (including phenoxy) is 1. The van der Waals surface area contributed by atoms with Gasteiger partial charge in [0.05, 0.1) is 12.9 Å². The normalized spacial score (nSPS) is 18.7. The number of benzene rings is 2. The molecule has 0 radical (unpaired) electrons. The van der Waals surface area contributed by atoms with E-state index >= 15 is 0 Å². The first-order valence-electron chi connectivity index (χ1n) is 7.84. The van der Waals surface area contributed by atoms with Gasteiger partial charge in [0.2, 0.25) is 10.0 Å². The zero-order valence-electron chi connectivity index (χ0n) is 13.5. The molecule has 0 spiro atoms. The summed E-state index contributed by atoms with van der Waals surface area (Å²) in [6, 6.07) is 13.4. The molecule has 6 heteroatoms. The molecule has 1 heterocycles. The maximum atomic E-state index is 12.9. The van der Waals surface area contributed by atoms with Crippen molar-refractivity contribution in [2.24, 2.45) is 0 Å². The Morgan fingerprint density at radius 3 is 2.42 bits per heavy atom. The molecule has 1 fully saturated rings. The SMILES string of the molecule is COc1ccc(C2CCN(S(=O)(=O)Cc3ccc(F)cc3)C2)cc1. The highest BCUT2D eigenvalue weighted by Crippen LogP contribution is 2.30. The van der Waals surface area contributed by atoms with Gasteiger partial charge in [-0.2, -0.15) is 0 Å². The van der Waals surface area contributed by atoms with Gasteiger partial charge in [-0.3, -0.25) is 0 Å². The predicted octanol–water partition coefficient (Wildman–Crippen LogP) is 3.15. The predicted molar refractivity (Wildman–Crippen MR) is 90.9 cm³/mol. The summed E-state index contributed by atoms with van der Waals surface area (Å²) in [4.78, 5) is 0. The van der Waals surface area contributed by atoms with Crippen molar-refractivity contribution in [3.63, 3.8) is 0 Å². The van der Waals surface area contributed by atoms with E-state index in [9.17, 15) is 12.8 Å². The van der Waals surface area contributed by atoms with Crippen LogP contribution in [0, 0.1) is 5.82 Å². The van der Waals surface area contributed by atoms with Crippen LogP contribution in [0.4, 0.5) is 4.39 Å². The summed E-state index contributed by atoms with van der Waals surface area (Å²) in [6.45, 7) is 0.996. The highest BCUT2D eigenvalue weighted by atomic mass is 32.2. The number of rotatable bonds is 5. The first-order valence-corrected chi connectivity index (χ1v) is 9.45. The van der Waals surface area contributed by atoms with Gasteiger partial charge >= 0.3 is 0 Å². The Balaban J connectivity index is 1.68. The third-order valence-corrected chi connectivity index (χ3v) is 6.21. The Bertz CT molecular complexity index is 788. The fraction of sp³-hybridized carbons (Fsp3) is 0.333. The molecule has 0 aromatic heterocycles. The molecule has 3 rings (SSSR count). The minimum Gasteiger partial charge on any atom is -0.497 e. The second-order valence-electron chi connectivity index (χ2n) is 6.00. The van der Waals surface area contributed by atoms with Crippen LogP contribution in [-0.2, 0) is 15.8 Å². The Hall–Kier alpha value is -1.92. The lowest BCUT2D eigenvalue weighted by atomic mass is 9.99. The third kappa shape index (κ3) is 3.76. The zero-order chi connectivity index (χ0) is 17.2. The maximum absolute atomic E-state index is 12.9. The van der Waals surface area contributed by atoms with E-state index in [1.54, 1.807) is 7.11 Å². The van der Waals surface area contributed by atoms with E-state index in [2.05, 4.69) is 0 Å². The van der Waals surface area contributed by atoms with Gasteiger partial charge in [0.1, 0.15) is 11.6 Å². The van der Waals surface area contributed by atoms with E-state index in [1.165, 1.54) is 28.6 Å². The summed E-state index contributed by atoms with van der Waals surface area (Å²) in [5, 5.41) is 0. The minimum atomic E-state index is -3.39. The van der Waals surface area contributed by atoms with Crippen LogP contribution < -0.4 is 4.74 Å². The first-order chi connectivity index (χ1) is 11.5. The van der Waals surface area contributed by atoms with Crippen LogP contribution >= 0.6 is 0 Å². The van der Waals surface area contributed by atoms with Gasteiger partial charge in [-0.15, -0.1) is 0 Å². The maximum Gasteiger partial charge on any atom is 0.218 e. The molecule has 0 bridgehead atoms. The largest absolute Gasteiger partial charge is 0.497 e. The molecule has 1 saturated heterocycles. The molecule has 0 amide bonds. The van der Waals surface area contributed by atoms with Crippen LogP contribution in [0.1, 0.15) is 23.5 Å². The molecule has 2 aromatic carbocycles. The quantitative estimate of drug-likeness (QED) is 0.833. The van der Waals surface area contributed by atoms with Crippen molar-refractivity contribution in [2.75, 3.05) is 20.2 Å². The summed E-state index contributed by atoms with van der Waals surface area (Å²) in [5.41, 5.74) is 1.72. The summed E-state index contributed by atoms with van der Waals surface area (Å²) in [7, 11) is -1.77. The number of sulfonamides is 1. The molecule has 1 aliphatic heterocycles. The van der Waals surface area contributed by atoms with Crippen LogP contribution in [0.2, 0.25) is 0 Å². The van der Waals surface area contributed by atoms with Gasteiger partial charge in [0.15, 0.2) is 0 Å². The van der Waals surface area contributed by atoms with Crippen molar-refractivity contribution in [3.05, 3.63) is 65.5 Å². The number of hydrogen-bond acceptors (Lipinski definition) is 3. The lowest BCUT2D eigenvalue weighted by Crippen LogP contribution is -2.29. The molecule has 24 heavy (non-hydrogen) atoms. The number of methoxy groups -OCH3 is 1. The van der Waals surface area contributed by atoms with Crippen molar-refractivity contribution in [1.82, 2.24) is 4.31 Å². The van der Waals surface area contributed by atoms with Crippen LogP contribution in [0.15, 0.2) is 48.5 Å². The van der Waals surface area contributed by atoms with Gasteiger partial charge in [0, 0.05) is 13.1 Å². The molecule has 1 atom stereocenters. The van der Waals surface area contributed by atoms with Gasteiger partial charge < -0.3 is 4.74 Å². The smallest absolute Gasteiger partial charge is 0.218 e. The molecule has 128 valence electrons. The van der Waals surface area contributed by atoms with Gasteiger partial charge in [-0.25, -0.2) is 17.1 Å². The van der Waals surface area contributed by atoms with Gasteiger partial charge in [-0.05, 0) is 47.7 Å². The highest BCUT2D eigenvalue weighted by molar-refractivity contribution is 7.88. The molecule has 1 unspecified atom stereocenters. The number of halogens is 1. The standard InChI is InChI=1S/C18H20FNO3S/c1-23-18-8-4-15(5-9-18)16-10-11-20(12-16)24(21,22)13-14-2-6-17(19)7-3-14/h2-9,16H,10-13H2,1H3. The summed E-state index contributed by atoms with van der Waals surface area (Å²) >= 11 is 0. The van der Waals surface area contributed by atoms with Crippen molar-refractivity contribution < 1.29 is 17.5 Å². The van der Waals surface area contributed by atoms with Crippen LogP contribution in [0.3, 0.4) is 0 Å². The van der Waals surface area contributed by atoms with Crippen molar-refractivity contribution >= 4 is 10.0 Å². The lowest BCUT2D eigenvalue weighted by molar-refractivity contribution is 0.414. The summed E-state index contributed by atoms with van der Waals surface area (Å²) in [6.07, 6.45) is 0.801. The molecule has 2 aromatic rings. The Labute approximate surface area is 141 Å². The van der Waals surface area contributed by atoms with E-state index in [4.69, 9.17) is 4.74 Å². The molecule has 4 nitrogen and oxygen atoms in total. The van der Waals surface area contributed by atoms with E-state index < -0.39 is 10.0 Å². The monoisotopic (exact) mass is 349 g/mol. The second-order valence-corrected chi connectivity index (χ2v) is 7.97. The zero-order valence-corrected chi connectivity index (χ0v) is 14.3. The van der Waals surface area contributed by atoms with E-state index in [0.29, 0.717) is 18.7 Å². The van der Waals surface area contributed by atoms with E-state index in [-0.39, 0.29) is 17.5 Å². The Kier molecular flexibility index (Phi) is 4.87. The van der Waals surface area contributed by atoms with E-state index in [1.807, 2.05) is 24.3 Å². The average Bonchev–Trinajstić information content (AvgIpc) is 3.08. The first kappa shape index (κ1) is 16.9. The number of nitrogens with zero attached hydrogens (tertiary/aromatic N) is 1. The fourth-order valence-corrected chi connectivity index (χ4v) is 4.60. The number of hydrogen-bond donors (Lipinski definition) is 0. The Morgan fingerprint density at radius 2 is 1.79 bits per heavy atom. The van der Waals surface area contributed by atoms with Crippen LogP contribution in [0.5, 0.6) is 5.75 Å². The molecular weight excluding hydrogens is 329 g/mol. The Morgan fingerprint density at radius 1 is 1.12 bits per heavy atom. The average molecular weight is 349 g/mol. The molecule has 0 saturated carbocycles. The molecular formula is C18H20FNO3S. The van der Waals surface area contributed by atoms with Gasteiger partial charge in [-0.1, -0.05) is 24.3 Å². The highest BCUT2D eigenvalue weighted by Gasteiger charge is 2.32. The summed E-state index contributed by atoms with van der Waals surface area (Å²) in [5.74, 6) is 0.524. The minimum absolute atomic E-state index is 0.0946. The van der Waals surface area contributed by atoms with Crippen LogP contribution in [-0.4, -0.2) is 32.9 Å². The lowest BCUT2D eigenvalue weighted by Gasteiger charge is -2.17.